The summed E-state index contributed by atoms with van der Waals surface area (Å²) in [6.45, 7) is 0. The van der Waals surface area contributed by atoms with Crippen LogP contribution >= 0.6 is 0 Å². The first-order valence-corrected chi connectivity index (χ1v) is 8.60. The molecule has 0 heterocycles. The maximum absolute atomic E-state index is 12.9. The molecule has 1 fully saturated rings. The SMILES string of the molecule is O=C(Nc1ccc(F)cc1)c1cccc(NC(=O)C2CCCCC2)c1. The van der Waals surface area contributed by atoms with Crippen molar-refractivity contribution in [1.82, 2.24) is 0 Å². The number of halogens is 1. The zero-order chi connectivity index (χ0) is 17.6. The summed E-state index contributed by atoms with van der Waals surface area (Å²) in [6, 6.07) is 12.4. The summed E-state index contributed by atoms with van der Waals surface area (Å²) in [4.78, 5) is 24.6. The van der Waals surface area contributed by atoms with Crippen molar-refractivity contribution in [1.29, 1.82) is 0 Å². The van der Waals surface area contributed by atoms with Crippen LogP contribution in [0.25, 0.3) is 0 Å². The number of hydrogen-bond acceptors (Lipinski definition) is 2. The van der Waals surface area contributed by atoms with Gasteiger partial charge in [0.2, 0.25) is 5.91 Å². The van der Waals surface area contributed by atoms with Crippen molar-refractivity contribution in [3.8, 4) is 0 Å². The van der Waals surface area contributed by atoms with E-state index < -0.39 is 0 Å². The summed E-state index contributed by atoms with van der Waals surface area (Å²) in [7, 11) is 0. The van der Waals surface area contributed by atoms with Crippen molar-refractivity contribution in [3.05, 3.63) is 59.9 Å². The van der Waals surface area contributed by atoms with Gasteiger partial charge in [0.15, 0.2) is 0 Å². The number of hydrogen-bond donors (Lipinski definition) is 2. The van der Waals surface area contributed by atoms with Crippen molar-refractivity contribution < 1.29 is 14.0 Å². The summed E-state index contributed by atoms with van der Waals surface area (Å²) in [5, 5.41) is 5.62. The second-order valence-corrected chi connectivity index (χ2v) is 6.37. The smallest absolute Gasteiger partial charge is 0.255 e. The van der Waals surface area contributed by atoms with Crippen molar-refractivity contribution in [3.63, 3.8) is 0 Å². The number of rotatable bonds is 4. The van der Waals surface area contributed by atoms with Gasteiger partial charge in [-0.15, -0.1) is 0 Å². The highest BCUT2D eigenvalue weighted by Gasteiger charge is 2.21. The molecule has 0 atom stereocenters. The number of nitrogens with one attached hydrogen (secondary N) is 2. The zero-order valence-electron chi connectivity index (χ0n) is 13.9. The number of amides is 2. The molecule has 3 rings (SSSR count). The van der Waals surface area contributed by atoms with Crippen LogP contribution in [0.1, 0.15) is 42.5 Å². The first-order chi connectivity index (χ1) is 12.1. The molecule has 1 saturated carbocycles. The fourth-order valence-corrected chi connectivity index (χ4v) is 3.08. The van der Waals surface area contributed by atoms with E-state index in [0.29, 0.717) is 16.9 Å². The van der Waals surface area contributed by atoms with Crippen LogP contribution in [0.3, 0.4) is 0 Å². The van der Waals surface area contributed by atoms with Crippen molar-refractivity contribution in [2.45, 2.75) is 32.1 Å². The second kappa shape index (κ2) is 7.92. The molecule has 0 aromatic heterocycles. The molecule has 0 saturated heterocycles. The van der Waals surface area contributed by atoms with Gasteiger partial charge in [0.05, 0.1) is 0 Å². The molecule has 0 spiro atoms. The Kier molecular flexibility index (Phi) is 5.43. The van der Waals surface area contributed by atoms with E-state index >= 15 is 0 Å². The maximum atomic E-state index is 12.9. The van der Waals surface area contributed by atoms with E-state index in [1.807, 2.05) is 0 Å². The van der Waals surface area contributed by atoms with Gasteiger partial charge in [-0.1, -0.05) is 25.3 Å². The first kappa shape index (κ1) is 17.1. The Labute approximate surface area is 146 Å². The second-order valence-electron chi connectivity index (χ2n) is 6.37. The first-order valence-electron chi connectivity index (χ1n) is 8.60. The maximum Gasteiger partial charge on any atom is 0.255 e. The normalized spacial score (nSPS) is 14.8. The predicted octanol–water partition coefficient (Wildman–Crippen LogP) is 4.60. The van der Waals surface area contributed by atoms with E-state index in [1.165, 1.54) is 30.7 Å². The third-order valence-electron chi connectivity index (χ3n) is 4.47. The molecule has 1 aliphatic rings. The van der Waals surface area contributed by atoms with Crippen LogP contribution in [0.2, 0.25) is 0 Å². The Bertz CT molecular complexity index is 753. The van der Waals surface area contributed by atoms with Crippen LogP contribution < -0.4 is 10.6 Å². The molecular formula is C20H21FN2O2. The highest BCUT2D eigenvalue weighted by Crippen LogP contribution is 2.25. The molecule has 25 heavy (non-hydrogen) atoms. The lowest BCUT2D eigenvalue weighted by atomic mass is 9.88. The number of carbonyl (C=O) groups excluding carboxylic acids is 2. The Balaban J connectivity index is 1.64. The summed E-state index contributed by atoms with van der Waals surface area (Å²) in [6.07, 6.45) is 5.24. The van der Waals surface area contributed by atoms with Gasteiger partial charge in [0, 0.05) is 22.9 Å². The lowest BCUT2D eigenvalue weighted by Crippen LogP contribution is -2.24. The van der Waals surface area contributed by atoms with Gasteiger partial charge in [-0.25, -0.2) is 4.39 Å². The van der Waals surface area contributed by atoms with Gasteiger partial charge in [-0.3, -0.25) is 9.59 Å². The monoisotopic (exact) mass is 340 g/mol. The van der Waals surface area contributed by atoms with Gasteiger partial charge in [0.25, 0.3) is 5.91 Å². The molecular weight excluding hydrogens is 319 g/mol. The van der Waals surface area contributed by atoms with Gasteiger partial charge in [-0.2, -0.15) is 0 Å². The molecule has 5 heteroatoms. The number of carbonyl (C=O) groups is 2. The summed E-state index contributed by atoms with van der Waals surface area (Å²) < 4.78 is 12.9. The molecule has 2 N–H and O–H groups in total. The average molecular weight is 340 g/mol. The fourth-order valence-electron chi connectivity index (χ4n) is 3.08. The number of benzene rings is 2. The van der Waals surface area contributed by atoms with E-state index in [-0.39, 0.29) is 23.5 Å². The Morgan fingerprint density at radius 1 is 0.880 bits per heavy atom. The molecule has 2 amide bonds. The highest BCUT2D eigenvalue weighted by molar-refractivity contribution is 6.05. The lowest BCUT2D eigenvalue weighted by molar-refractivity contribution is -0.120. The van der Waals surface area contributed by atoms with Gasteiger partial charge in [-0.05, 0) is 55.3 Å². The quantitative estimate of drug-likeness (QED) is 0.855. The summed E-state index contributed by atoms with van der Waals surface area (Å²) in [5.74, 6) is -0.577. The van der Waals surface area contributed by atoms with E-state index in [2.05, 4.69) is 10.6 Å². The highest BCUT2D eigenvalue weighted by atomic mass is 19.1. The van der Waals surface area contributed by atoms with E-state index in [1.54, 1.807) is 24.3 Å². The van der Waals surface area contributed by atoms with E-state index in [4.69, 9.17) is 0 Å². The van der Waals surface area contributed by atoms with Crippen LogP contribution in [-0.2, 0) is 4.79 Å². The topological polar surface area (TPSA) is 58.2 Å². The van der Waals surface area contributed by atoms with E-state index in [9.17, 15) is 14.0 Å². The third kappa shape index (κ3) is 4.66. The molecule has 1 aliphatic carbocycles. The predicted molar refractivity (Wildman–Crippen MR) is 96.0 cm³/mol. The lowest BCUT2D eigenvalue weighted by Gasteiger charge is -2.20. The average Bonchev–Trinajstić information content (AvgIpc) is 2.64. The zero-order valence-corrected chi connectivity index (χ0v) is 13.9. The minimum Gasteiger partial charge on any atom is -0.326 e. The van der Waals surface area contributed by atoms with E-state index in [0.717, 1.165) is 25.7 Å². The van der Waals surface area contributed by atoms with Crippen molar-refractivity contribution >= 4 is 23.2 Å². The Morgan fingerprint density at radius 3 is 2.32 bits per heavy atom. The minimum absolute atomic E-state index is 0.0239. The number of anilines is 2. The Hall–Kier alpha value is -2.69. The van der Waals surface area contributed by atoms with Crippen LogP contribution in [0.4, 0.5) is 15.8 Å². The molecule has 4 nitrogen and oxygen atoms in total. The van der Waals surface area contributed by atoms with Gasteiger partial charge < -0.3 is 10.6 Å². The molecule has 2 aromatic rings. The molecule has 0 bridgehead atoms. The van der Waals surface area contributed by atoms with Crippen molar-refractivity contribution in [2.24, 2.45) is 5.92 Å². The molecule has 130 valence electrons. The van der Waals surface area contributed by atoms with Crippen LogP contribution in [0.5, 0.6) is 0 Å². The fraction of sp³-hybridized carbons (Fsp3) is 0.300. The summed E-state index contributed by atoms with van der Waals surface area (Å²) >= 11 is 0. The van der Waals surface area contributed by atoms with Gasteiger partial charge in [0.1, 0.15) is 5.82 Å². The molecule has 0 radical (unpaired) electrons. The molecule has 0 unspecified atom stereocenters. The van der Waals surface area contributed by atoms with Gasteiger partial charge >= 0.3 is 0 Å². The van der Waals surface area contributed by atoms with Crippen molar-refractivity contribution in [2.75, 3.05) is 10.6 Å². The molecule has 0 aliphatic heterocycles. The largest absolute Gasteiger partial charge is 0.326 e. The Morgan fingerprint density at radius 2 is 1.60 bits per heavy atom. The minimum atomic E-state index is -0.356. The van der Waals surface area contributed by atoms with Crippen LogP contribution in [-0.4, -0.2) is 11.8 Å². The van der Waals surface area contributed by atoms with Crippen LogP contribution in [0, 0.1) is 11.7 Å². The standard InChI is InChI=1S/C20H21FN2O2/c21-16-9-11-17(12-10-16)22-20(25)15-7-4-8-18(13-15)23-19(24)14-5-2-1-3-6-14/h4,7-14H,1-3,5-6H2,(H,22,25)(H,23,24). The molecule has 2 aromatic carbocycles. The third-order valence-corrected chi connectivity index (χ3v) is 4.47. The van der Waals surface area contributed by atoms with Crippen LogP contribution in [0.15, 0.2) is 48.5 Å². The summed E-state index contributed by atoms with van der Waals surface area (Å²) in [5.41, 5.74) is 1.57.